The van der Waals surface area contributed by atoms with Crippen LogP contribution in [0.25, 0.3) is 22.5 Å². The van der Waals surface area contributed by atoms with E-state index in [9.17, 15) is 18.0 Å². The molecule has 0 atom stereocenters. The van der Waals surface area contributed by atoms with Gasteiger partial charge in [-0.25, -0.2) is 4.98 Å². The molecule has 11 heteroatoms. The summed E-state index contributed by atoms with van der Waals surface area (Å²) in [4.78, 5) is 22.3. The molecule has 0 spiro atoms. The molecule has 3 heterocycles. The molecule has 1 aliphatic heterocycles. The number of aromatic nitrogens is 4. The summed E-state index contributed by atoms with van der Waals surface area (Å²) in [5.74, 6) is 0.199. The Balaban J connectivity index is 1.66. The van der Waals surface area contributed by atoms with Crippen LogP contribution in [0.3, 0.4) is 0 Å². The lowest BCUT2D eigenvalue weighted by atomic mass is 10.0. The van der Waals surface area contributed by atoms with Gasteiger partial charge in [-0.3, -0.25) is 9.78 Å². The molecule has 1 fully saturated rings. The smallest absolute Gasteiger partial charge is 0.350 e. The first-order chi connectivity index (χ1) is 15.6. The molecule has 1 amide bonds. The summed E-state index contributed by atoms with van der Waals surface area (Å²) in [7, 11) is 0. The number of rotatable bonds is 5. The Morgan fingerprint density at radius 1 is 1.12 bits per heavy atom. The van der Waals surface area contributed by atoms with Crippen molar-refractivity contribution in [2.45, 2.75) is 26.1 Å². The normalized spacial score (nSPS) is 14.3. The zero-order valence-electron chi connectivity index (χ0n) is 17.8. The summed E-state index contributed by atoms with van der Waals surface area (Å²) in [5.41, 5.74) is 0.862. The van der Waals surface area contributed by atoms with Crippen LogP contribution in [0.4, 0.5) is 19.1 Å². The van der Waals surface area contributed by atoms with Crippen molar-refractivity contribution < 1.29 is 18.0 Å². The maximum Gasteiger partial charge on any atom is 0.416 e. The minimum absolute atomic E-state index is 0.0222. The number of pyridine rings is 1. The van der Waals surface area contributed by atoms with Gasteiger partial charge in [0, 0.05) is 42.5 Å². The van der Waals surface area contributed by atoms with Crippen LogP contribution >= 0.6 is 11.6 Å². The highest BCUT2D eigenvalue weighted by atomic mass is 35.5. The predicted octanol–water partition coefficient (Wildman–Crippen LogP) is 4.23. The third kappa shape index (κ3) is 4.90. The van der Waals surface area contributed by atoms with Crippen molar-refractivity contribution >= 4 is 23.5 Å². The zero-order valence-corrected chi connectivity index (χ0v) is 18.5. The van der Waals surface area contributed by atoms with Crippen molar-refractivity contribution in [3.8, 4) is 22.5 Å². The molecule has 2 aromatic heterocycles. The molecule has 4 rings (SSSR count). The number of benzene rings is 1. The predicted molar refractivity (Wildman–Crippen MR) is 117 cm³/mol. The summed E-state index contributed by atoms with van der Waals surface area (Å²) in [6.07, 6.45) is -1.44. The van der Waals surface area contributed by atoms with Crippen LogP contribution in [0, 0.1) is 5.92 Å². The van der Waals surface area contributed by atoms with Crippen LogP contribution in [0.2, 0.25) is 5.02 Å². The molecule has 1 N–H and O–H groups in total. The molecular weight excluding hydrogens is 457 g/mol. The SMILES string of the molecule is CC(C)C(=O)NC1CN(c2nnc(-c3ccc(C(F)(F)F)cc3)c(-c3ccncc3Cl)n2)C1. The van der Waals surface area contributed by atoms with Crippen LogP contribution in [-0.2, 0) is 11.0 Å². The van der Waals surface area contributed by atoms with E-state index in [-0.39, 0.29) is 17.9 Å². The van der Waals surface area contributed by atoms with Crippen LogP contribution in [0.15, 0.2) is 42.7 Å². The number of nitrogens with zero attached hydrogens (tertiary/aromatic N) is 5. The Labute approximate surface area is 193 Å². The molecule has 1 aliphatic rings. The van der Waals surface area contributed by atoms with Crippen molar-refractivity contribution in [2.24, 2.45) is 5.92 Å². The van der Waals surface area contributed by atoms with Crippen molar-refractivity contribution in [2.75, 3.05) is 18.0 Å². The first-order valence-corrected chi connectivity index (χ1v) is 10.6. The first-order valence-electron chi connectivity index (χ1n) is 10.2. The van der Waals surface area contributed by atoms with Crippen molar-refractivity contribution in [1.29, 1.82) is 0 Å². The van der Waals surface area contributed by atoms with E-state index in [1.54, 1.807) is 12.3 Å². The second-order valence-corrected chi connectivity index (χ2v) is 8.41. The largest absolute Gasteiger partial charge is 0.416 e. The summed E-state index contributed by atoms with van der Waals surface area (Å²) < 4.78 is 38.9. The number of carbonyl (C=O) groups is 1. The standard InChI is InChI=1S/C22H20ClF3N6O/c1-12(2)20(33)28-15-10-32(11-15)21-29-19(16-7-8-27-9-17(16)23)18(30-31-21)13-3-5-14(6-4-13)22(24,25)26/h3-9,12,15H,10-11H2,1-2H3,(H,28,33). The van der Waals surface area contributed by atoms with Gasteiger partial charge in [0.1, 0.15) is 11.4 Å². The second kappa shape index (κ2) is 8.93. The quantitative estimate of drug-likeness (QED) is 0.593. The van der Waals surface area contributed by atoms with E-state index in [0.29, 0.717) is 46.6 Å². The van der Waals surface area contributed by atoms with Gasteiger partial charge in [0.15, 0.2) is 0 Å². The molecular formula is C22H20ClF3N6O. The average Bonchev–Trinajstić information content (AvgIpc) is 2.75. The Kier molecular flexibility index (Phi) is 6.20. The van der Waals surface area contributed by atoms with Crippen LogP contribution < -0.4 is 10.2 Å². The van der Waals surface area contributed by atoms with Gasteiger partial charge in [-0.15, -0.1) is 10.2 Å². The molecule has 172 valence electrons. The van der Waals surface area contributed by atoms with Gasteiger partial charge in [-0.1, -0.05) is 37.6 Å². The lowest BCUT2D eigenvalue weighted by Gasteiger charge is -2.39. The number of halogens is 4. The molecule has 0 radical (unpaired) electrons. The van der Waals surface area contributed by atoms with Gasteiger partial charge in [0.2, 0.25) is 11.9 Å². The highest BCUT2D eigenvalue weighted by Crippen LogP contribution is 2.36. The van der Waals surface area contributed by atoms with Gasteiger partial charge >= 0.3 is 6.18 Å². The third-order valence-corrected chi connectivity index (χ3v) is 5.53. The fourth-order valence-electron chi connectivity index (χ4n) is 3.32. The van der Waals surface area contributed by atoms with Crippen LogP contribution in [0.5, 0.6) is 0 Å². The Morgan fingerprint density at radius 2 is 1.82 bits per heavy atom. The van der Waals surface area contributed by atoms with E-state index >= 15 is 0 Å². The fourth-order valence-corrected chi connectivity index (χ4v) is 3.53. The number of hydrogen-bond acceptors (Lipinski definition) is 6. The molecule has 3 aromatic rings. The first kappa shape index (κ1) is 22.9. The summed E-state index contributed by atoms with van der Waals surface area (Å²) in [6, 6.07) is 6.26. The van der Waals surface area contributed by atoms with Gasteiger partial charge in [0.05, 0.1) is 16.6 Å². The zero-order chi connectivity index (χ0) is 23.8. The Bertz CT molecular complexity index is 1160. The maximum atomic E-state index is 13.0. The fraction of sp³-hybridized carbons (Fsp3) is 0.318. The van der Waals surface area contributed by atoms with Crippen molar-refractivity contribution in [3.63, 3.8) is 0 Å². The average molecular weight is 477 g/mol. The molecule has 0 bridgehead atoms. The molecule has 0 saturated carbocycles. The van der Waals surface area contributed by atoms with E-state index in [1.165, 1.54) is 18.3 Å². The molecule has 0 aliphatic carbocycles. The van der Waals surface area contributed by atoms with Gasteiger partial charge < -0.3 is 10.2 Å². The number of nitrogens with one attached hydrogen (secondary N) is 1. The summed E-state index contributed by atoms with van der Waals surface area (Å²) in [6.45, 7) is 4.68. The lowest BCUT2D eigenvalue weighted by Crippen LogP contribution is -2.60. The van der Waals surface area contributed by atoms with E-state index in [0.717, 1.165) is 12.1 Å². The lowest BCUT2D eigenvalue weighted by molar-refractivity contribution is -0.137. The molecule has 7 nitrogen and oxygen atoms in total. The third-order valence-electron chi connectivity index (χ3n) is 5.22. The topological polar surface area (TPSA) is 83.9 Å². The van der Waals surface area contributed by atoms with E-state index in [4.69, 9.17) is 11.6 Å². The minimum Gasteiger partial charge on any atom is -0.350 e. The minimum atomic E-state index is -4.44. The van der Waals surface area contributed by atoms with Crippen molar-refractivity contribution in [1.82, 2.24) is 25.5 Å². The molecule has 1 saturated heterocycles. The molecule has 33 heavy (non-hydrogen) atoms. The van der Waals surface area contributed by atoms with Gasteiger partial charge in [-0.2, -0.15) is 13.2 Å². The number of amides is 1. The number of anilines is 1. The van der Waals surface area contributed by atoms with Gasteiger partial charge in [-0.05, 0) is 18.2 Å². The van der Waals surface area contributed by atoms with Crippen molar-refractivity contribution in [3.05, 3.63) is 53.3 Å². The highest BCUT2D eigenvalue weighted by molar-refractivity contribution is 6.33. The summed E-state index contributed by atoms with van der Waals surface area (Å²) in [5, 5.41) is 11.7. The number of hydrogen-bond donors (Lipinski definition) is 1. The van der Waals surface area contributed by atoms with Gasteiger partial charge in [0.25, 0.3) is 0 Å². The Hall–Kier alpha value is -3.27. The second-order valence-electron chi connectivity index (χ2n) is 8.00. The monoisotopic (exact) mass is 476 g/mol. The van der Waals surface area contributed by atoms with E-state index in [2.05, 4.69) is 25.5 Å². The molecule has 0 unspecified atom stereocenters. The molecule has 1 aromatic carbocycles. The van der Waals surface area contributed by atoms with E-state index < -0.39 is 11.7 Å². The number of alkyl halides is 3. The Morgan fingerprint density at radius 3 is 2.42 bits per heavy atom. The number of carbonyl (C=O) groups excluding carboxylic acids is 1. The van der Waals surface area contributed by atoms with Crippen LogP contribution in [0.1, 0.15) is 19.4 Å². The summed E-state index contributed by atoms with van der Waals surface area (Å²) >= 11 is 6.33. The van der Waals surface area contributed by atoms with E-state index in [1.807, 2.05) is 18.7 Å². The maximum absolute atomic E-state index is 13.0. The highest BCUT2D eigenvalue weighted by Gasteiger charge is 2.32. The van der Waals surface area contributed by atoms with Crippen LogP contribution in [-0.4, -0.2) is 45.2 Å².